The minimum atomic E-state index is 0.104. The van der Waals surface area contributed by atoms with Gasteiger partial charge >= 0.3 is 0 Å². The van der Waals surface area contributed by atoms with Crippen LogP contribution in [0.5, 0.6) is 0 Å². The first kappa shape index (κ1) is 17.0. The van der Waals surface area contributed by atoms with Crippen LogP contribution in [0.3, 0.4) is 0 Å². The Morgan fingerprint density at radius 1 is 1.15 bits per heavy atom. The maximum absolute atomic E-state index is 11.8. The molecule has 0 spiro atoms. The van der Waals surface area contributed by atoms with E-state index in [-0.39, 0.29) is 12.1 Å². The molecule has 1 amide bonds. The van der Waals surface area contributed by atoms with E-state index in [0.29, 0.717) is 19.0 Å². The molecule has 3 N–H and O–H groups in total. The summed E-state index contributed by atoms with van der Waals surface area (Å²) in [6.07, 6.45) is 5.04. The number of amides is 1. The molecule has 1 aromatic carbocycles. The van der Waals surface area contributed by atoms with Gasteiger partial charge in [0.25, 0.3) is 0 Å². The van der Waals surface area contributed by atoms with E-state index in [4.69, 9.17) is 11.6 Å². The fraction of sp³-hybridized carbons (Fsp3) is 0.450. The van der Waals surface area contributed by atoms with Crippen molar-refractivity contribution in [3.8, 4) is 0 Å². The van der Waals surface area contributed by atoms with E-state index in [9.17, 15) is 4.79 Å². The predicted molar refractivity (Wildman–Crippen MR) is 105 cm³/mol. The highest BCUT2D eigenvalue weighted by atomic mass is 35.5. The van der Waals surface area contributed by atoms with Crippen molar-refractivity contribution in [1.82, 2.24) is 25.8 Å². The molecule has 1 aromatic rings. The maximum Gasteiger partial charge on any atom is 0.234 e. The number of carbonyl (C=O) groups excluding carboxylic acids is 1. The van der Waals surface area contributed by atoms with Gasteiger partial charge in [0.05, 0.1) is 24.5 Å². The second-order valence-corrected chi connectivity index (χ2v) is 8.13. The summed E-state index contributed by atoms with van der Waals surface area (Å²) in [5.41, 5.74) is 4.85. The Morgan fingerprint density at radius 3 is 2.70 bits per heavy atom. The highest BCUT2D eigenvalue weighted by Crippen LogP contribution is 2.39. The van der Waals surface area contributed by atoms with Crippen molar-refractivity contribution < 1.29 is 4.79 Å². The first-order chi connectivity index (χ1) is 13.2. The predicted octanol–water partition coefficient (Wildman–Crippen LogP) is 1.53. The third kappa shape index (κ3) is 3.39. The van der Waals surface area contributed by atoms with Crippen LogP contribution in [0.1, 0.15) is 18.4 Å². The molecule has 1 aliphatic carbocycles. The Hall–Kier alpha value is -2.18. The molecule has 6 nitrogen and oxygen atoms in total. The van der Waals surface area contributed by atoms with E-state index in [1.54, 1.807) is 0 Å². The number of nitrogens with one attached hydrogen (secondary N) is 3. The molecule has 1 saturated carbocycles. The largest absolute Gasteiger partial charge is 0.383 e. The molecule has 142 valence electrons. The summed E-state index contributed by atoms with van der Waals surface area (Å²) < 4.78 is 0. The minimum Gasteiger partial charge on any atom is -0.383 e. The molecule has 1 unspecified atom stereocenters. The van der Waals surface area contributed by atoms with Gasteiger partial charge in [0.15, 0.2) is 0 Å². The number of piperazine rings is 1. The summed E-state index contributed by atoms with van der Waals surface area (Å²) in [4.78, 5) is 16.4. The highest BCUT2D eigenvalue weighted by molar-refractivity contribution is 6.30. The SMILES string of the molecule is O=C1CN(CC2=C(c3ccc(Cl)cc3)NC3CNC(C4CC4)=CN23)CCN1. The van der Waals surface area contributed by atoms with Crippen molar-refractivity contribution in [3.05, 3.63) is 52.4 Å². The van der Waals surface area contributed by atoms with Crippen LogP contribution in [-0.4, -0.2) is 54.6 Å². The average Bonchev–Trinajstić information content (AvgIpc) is 3.46. The summed E-state index contributed by atoms with van der Waals surface area (Å²) in [6.45, 7) is 3.67. The van der Waals surface area contributed by atoms with Crippen LogP contribution in [0.15, 0.2) is 41.9 Å². The fourth-order valence-corrected chi connectivity index (χ4v) is 4.20. The molecule has 1 atom stereocenters. The number of nitrogens with zero attached hydrogens (tertiary/aromatic N) is 2. The number of rotatable bonds is 4. The topological polar surface area (TPSA) is 59.6 Å². The van der Waals surface area contributed by atoms with Crippen molar-refractivity contribution in [3.63, 3.8) is 0 Å². The van der Waals surface area contributed by atoms with Crippen LogP contribution in [0.2, 0.25) is 5.02 Å². The number of benzene rings is 1. The van der Waals surface area contributed by atoms with E-state index < -0.39 is 0 Å². The first-order valence-electron chi connectivity index (χ1n) is 9.66. The summed E-state index contributed by atoms with van der Waals surface area (Å²) in [5.74, 6) is 0.791. The van der Waals surface area contributed by atoms with Gasteiger partial charge in [-0.15, -0.1) is 0 Å². The van der Waals surface area contributed by atoms with Gasteiger partial charge in [0.1, 0.15) is 6.17 Å². The van der Waals surface area contributed by atoms with E-state index in [1.165, 1.54) is 24.2 Å². The zero-order valence-corrected chi connectivity index (χ0v) is 15.9. The molecule has 0 radical (unpaired) electrons. The van der Waals surface area contributed by atoms with E-state index >= 15 is 0 Å². The maximum atomic E-state index is 11.8. The van der Waals surface area contributed by atoms with E-state index in [0.717, 1.165) is 35.9 Å². The second-order valence-electron chi connectivity index (χ2n) is 7.70. The summed E-state index contributed by atoms with van der Waals surface area (Å²) in [7, 11) is 0. The average molecular weight is 386 g/mol. The Morgan fingerprint density at radius 2 is 1.96 bits per heavy atom. The lowest BCUT2D eigenvalue weighted by Crippen LogP contribution is -2.50. The standard InChI is InChI=1S/C20H24ClN5O/c21-15-5-3-14(4-6-15)20-17(11-25-8-7-22-19(27)12-25)26-10-16(13-1-2-13)23-9-18(26)24-20/h3-6,10,13,18,23-24H,1-2,7-9,11-12H2,(H,22,27). The van der Waals surface area contributed by atoms with Gasteiger partial charge in [-0.2, -0.15) is 0 Å². The third-order valence-electron chi connectivity index (χ3n) is 5.67. The number of carbonyl (C=O) groups is 1. The van der Waals surface area contributed by atoms with Crippen molar-refractivity contribution >= 4 is 23.2 Å². The summed E-state index contributed by atoms with van der Waals surface area (Å²) in [5, 5.41) is 10.9. The number of fused-ring (bicyclic) bond motifs is 1. The quantitative estimate of drug-likeness (QED) is 0.733. The Bertz CT molecular complexity index is 814. The highest BCUT2D eigenvalue weighted by Gasteiger charge is 2.37. The molecule has 2 fully saturated rings. The normalized spacial score (nSPS) is 25.5. The summed E-state index contributed by atoms with van der Waals surface area (Å²) in [6, 6.07) is 7.98. The molecular formula is C20H24ClN5O. The van der Waals surface area contributed by atoms with Gasteiger partial charge in [0.2, 0.25) is 5.91 Å². The van der Waals surface area contributed by atoms with Gasteiger partial charge in [-0.05, 0) is 30.5 Å². The molecule has 4 aliphatic rings. The van der Waals surface area contributed by atoms with Crippen LogP contribution < -0.4 is 16.0 Å². The van der Waals surface area contributed by atoms with Crippen molar-refractivity contribution in [2.24, 2.45) is 5.92 Å². The van der Waals surface area contributed by atoms with Crippen LogP contribution in [0, 0.1) is 5.92 Å². The van der Waals surface area contributed by atoms with Crippen LogP contribution in [0.4, 0.5) is 0 Å². The van der Waals surface area contributed by atoms with Crippen LogP contribution >= 0.6 is 11.6 Å². The lowest BCUT2D eigenvalue weighted by molar-refractivity contribution is -0.123. The molecular weight excluding hydrogens is 362 g/mol. The number of hydrogen-bond donors (Lipinski definition) is 3. The van der Waals surface area contributed by atoms with Crippen LogP contribution in [-0.2, 0) is 4.79 Å². The van der Waals surface area contributed by atoms with Gasteiger partial charge in [-0.3, -0.25) is 9.69 Å². The van der Waals surface area contributed by atoms with Gasteiger partial charge in [0, 0.05) is 42.5 Å². The molecule has 0 bridgehead atoms. The fourth-order valence-electron chi connectivity index (χ4n) is 4.07. The lowest BCUT2D eigenvalue weighted by atomic mass is 10.1. The van der Waals surface area contributed by atoms with E-state index in [1.807, 2.05) is 12.1 Å². The second kappa shape index (κ2) is 6.77. The van der Waals surface area contributed by atoms with Gasteiger partial charge in [-0.25, -0.2) is 0 Å². The minimum absolute atomic E-state index is 0.104. The molecule has 3 aliphatic heterocycles. The zero-order valence-electron chi connectivity index (χ0n) is 15.2. The Labute approximate surface area is 164 Å². The summed E-state index contributed by atoms with van der Waals surface area (Å²) >= 11 is 6.09. The molecule has 27 heavy (non-hydrogen) atoms. The third-order valence-corrected chi connectivity index (χ3v) is 5.92. The molecule has 5 rings (SSSR count). The lowest BCUT2D eigenvalue weighted by Gasteiger charge is -2.34. The molecule has 0 aromatic heterocycles. The van der Waals surface area contributed by atoms with Crippen molar-refractivity contribution in [2.45, 2.75) is 19.0 Å². The zero-order chi connectivity index (χ0) is 18.4. The number of allylic oxidation sites excluding steroid dienone is 1. The number of hydrogen-bond acceptors (Lipinski definition) is 5. The number of halogens is 1. The first-order valence-corrected chi connectivity index (χ1v) is 10.0. The Balaban J connectivity index is 1.49. The van der Waals surface area contributed by atoms with E-state index in [2.05, 4.69) is 44.1 Å². The van der Waals surface area contributed by atoms with Gasteiger partial charge < -0.3 is 20.9 Å². The Kier molecular flexibility index (Phi) is 4.25. The van der Waals surface area contributed by atoms with Crippen molar-refractivity contribution in [1.29, 1.82) is 0 Å². The van der Waals surface area contributed by atoms with Crippen LogP contribution in [0.25, 0.3) is 5.70 Å². The molecule has 3 heterocycles. The van der Waals surface area contributed by atoms with Gasteiger partial charge in [-0.1, -0.05) is 23.7 Å². The van der Waals surface area contributed by atoms with Crippen molar-refractivity contribution in [2.75, 3.05) is 32.7 Å². The smallest absolute Gasteiger partial charge is 0.234 e. The molecule has 7 heteroatoms. The monoisotopic (exact) mass is 385 g/mol. The molecule has 1 saturated heterocycles.